The van der Waals surface area contributed by atoms with Crippen LogP contribution < -0.4 is 5.73 Å². The summed E-state index contributed by atoms with van der Waals surface area (Å²) in [6.07, 6.45) is 1.46. The quantitative estimate of drug-likeness (QED) is 0.643. The number of rotatable bonds is 4. The summed E-state index contributed by atoms with van der Waals surface area (Å²) in [6, 6.07) is 0. The fourth-order valence-electron chi connectivity index (χ4n) is 1.65. The van der Waals surface area contributed by atoms with Crippen molar-refractivity contribution in [1.82, 2.24) is 4.90 Å². The van der Waals surface area contributed by atoms with Gasteiger partial charge in [0.25, 0.3) is 0 Å². The SMILES string of the molecule is C=C(CC)CN1CCC(N)(C(=O)O)C1. The zero-order valence-electron chi connectivity index (χ0n) is 8.62. The number of likely N-dealkylation sites (tertiary alicyclic amines) is 1. The number of carboxylic acids is 1. The van der Waals surface area contributed by atoms with Crippen molar-refractivity contribution in [3.05, 3.63) is 12.2 Å². The summed E-state index contributed by atoms with van der Waals surface area (Å²) < 4.78 is 0. The number of hydrogen-bond acceptors (Lipinski definition) is 3. The minimum absolute atomic E-state index is 0.432. The molecule has 4 nitrogen and oxygen atoms in total. The first-order valence-electron chi connectivity index (χ1n) is 4.89. The molecule has 1 saturated heterocycles. The van der Waals surface area contributed by atoms with Gasteiger partial charge in [-0.15, -0.1) is 0 Å². The molecule has 0 saturated carbocycles. The molecule has 0 radical (unpaired) electrons. The van der Waals surface area contributed by atoms with Crippen molar-refractivity contribution in [3.63, 3.8) is 0 Å². The fraction of sp³-hybridized carbons (Fsp3) is 0.700. The highest BCUT2D eigenvalue weighted by Gasteiger charge is 2.40. The van der Waals surface area contributed by atoms with Crippen LogP contribution in [0.15, 0.2) is 12.2 Å². The van der Waals surface area contributed by atoms with E-state index in [2.05, 4.69) is 11.5 Å². The lowest BCUT2D eigenvalue weighted by atomic mass is 10.0. The third-order valence-electron chi connectivity index (χ3n) is 2.75. The van der Waals surface area contributed by atoms with Gasteiger partial charge in [0.15, 0.2) is 0 Å². The summed E-state index contributed by atoms with van der Waals surface area (Å²) in [5.41, 5.74) is 5.82. The largest absolute Gasteiger partial charge is 0.480 e. The molecule has 0 amide bonds. The van der Waals surface area contributed by atoms with Gasteiger partial charge in [-0.3, -0.25) is 9.69 Å². The highest BCUT2D eigenvalue weighted by molar-refractivity contribution is 5.79. The van der Waals surface area contributed by atoms with Crippen LogP contribution in [0.4, 0.5) is 0 Å². The van der Waals surface area contributed by atoms with Gasteiger partial charge in [-0.1, -0.05) is 19.1 Å². The molecule has 1 rings (SSSR count). The lowest BCUT2D eigenvalue weighted by molar-refractivity contribution is -0.142. The third kappa shape index (κ3) is 2.33. The first-order valence-corrected chi connectivity index (χ1v) is 4.89. The third-order valence-corrected chi connectivity index (χ3v) is 2.75. The van der Waals surface area contributed by atoms with Crippen molar-refractivity contribution < 1.29 is 9.90 Å². The lowest BCUT2D eigenvalue weighted by Gasteiger charge is -2.20. The zero-order valence-corrected chi connectivity index (χ0v) is 8.62. The van der Waals surface area contributed by atoms with E-state index in [1.54, 1.807) is 0 Å². The van der Waals surface area contributed by atoms with Crippen molar-refractivity contribution in [2.45, 2.75) is 25.3 Å². The molecule has 1 aliphatic rings. The summed E-state index contributed by atoms with van der Waals surface area (Å²) in [6.45, 7) is 7.90. The van der Waals surface area contributed by atoms with Crippen LogP contribution in [0.25, 0.3) is 0 Å². The Bertz CT molecular complexity index is 253. The zero-order chi connectivity index (χ0) is 10.8. The Morgan fingerprint density at radius 3 is 2.79 bits per heavy atom. The standard InChI is InChI=1S/C10H18N2O2/c1-3-8(2)6-12-5-4-10(11,7-12)9(13)14/h2-7,11H2,1H3,(H,13,14). The van der Waals surface area contributed by atoms with Gasteiger partial charge in [0.1, 0.15) is 5.54 Å². The molecule has 4 heteroatoms. The van der Waals surface area contributed by atoms with Gasteiger partial charge in [-0.05, 0) is 12.8 Å². The maximum absolute atomic E-state index is 10.9. The molecule has 1 heterocycles. The number of nitrogens with two attached hydrogens (primary N) is 1. The Kier molecular flexibility index (Phi) is 3.29. The van der Waals surface area contributed by atoms with Crippen LogP contribution in [0.3, 0.4) is 0 Å². The molecular weight excluding hydrogens is 180 g/mol. The van der Waals surface area contributed by atoms with Gasteiger partial charge >= 0.3 is 5.97 Å². The number of hydrogen-bond donors (Lipinski definition) is 2. The second kappa shape index (κ2) is 4.11. The summed E-state index contributed by atoms with van der Waals surface area (Å²) in [7, 11) is 0. The van der Waals surface area contributed by atoms with Crippen molar-refractivity contribution in [2.24, 2.45) is 5.73 Å². The molecule has 14 heavy (non-hydrogen) atoms. The number of carboxylic acid groups (broad SMARTS) is 1. The average molecular weight is 198 g/mol. The summed E-state index contributed by atoms with van der Waals surface area (Å²) in [5, 5.41) is 8.91. The molecule has 3 N–H and O–H groups in total. The van der Waals surface area contributed by atoms with Crippen LogP contribution in [0.2, 0.25) is 0 Å². The Morgan fingerprint density at radius 1 is 1.71 bits per heavy atom. The normalized spacial score (nSPS) is 27.9. The van der Waals surface area contributed by atoms with Crippen molar-refractivity contribution in [3.8, 4) is 0 Å². The molecule has 0 aromatic carbocycles. The maximum Gasteiger partial charge on any atom is 0.325 e. The van der Waals surface area contributed by atoms with E-state index in [9.17, 15) is 4.79 Å². The molecular formula is C10H18N2O2. The average Bonchev–Trinajstić information content (AvgIpc) is 2.49. The smallest absolute Gasteiger partial charge is 0.325 e. The van der Waals surface area contributed by atoms with E-state index in [-0.39, 0.29) is 0 Å². The fourth-order valence-corrected chi connectivity index (χ4v) is 1.65. The van der Waals surface area contributed by atoms with Crippen LogP contribution in [-0.4, -0.2) is 41.1 Å². The van der Waals surface area contributed by atoms with E-state index in [4.69, 9.17) is 10.8 Å². The highest BCUT2D eigenvalue weighted by atomic mass is 16.4. The molecule has 1 fully saturated rings. The van der Waals surface area contributed by atoms with Crippen LogP contribution in [-0.2, 0) is 4.79 Å². The van der Waals surface area contributed by atoms with Gasteiger partial charge in [0.2, 0.25) is 0 Å². The minimum Gasteiger partial charge on any atom is -0.480 e. The number of nitrogens with zero attached hydrogens (tertiary/aromatic N) is 1. The van der Waals surface area contributed by atoms with Gasteiger partial charge in [-0.2, -0.15) is 0 Å². The van der Waals surface area contributed by atoms with Gasteiger partial charge < -0.3 is 10.8 Å². The number of carbonyl (C=O) groups is 1. The predicted octanol–water partition coefficient (Wildman–Crippen LogP) is 0.440. The van der Waals surface area contributed by atoms with E-state index in [1.165, 1.54) is 0 Å². The molecule has 0 aliphatic carbocycles. The predicted molar refractivity (Wildman–Crippen MR) is 55.0 cm³/mol. The van der Waals surface area contributed by atoms with Crippen LogP contribution in [0.5, 0.6) is 0 Å². The van der Waals surface area contributed by atoms with Crippen molar-refractivity contribution >= 4 is 5.97 Å². The Morgan fingerprint density at radius 2 is 2.36 bits per heavy atom. The van der Waals surface area contributed by atoms with E-state index in [0.29, 0.717) is 13.0 Å². The van der Waals surface area contributed by atoms with Crippen LogP contribution >= 0.6 is 0 Å². The maximum atomic E-state index is 10.9. The van der Waals surface area contributed by atoms with Crippen LogP contribution in [0, 0.1) is 0 Å². The minimum atomic E-state index is -1.05. The second-order valence-electron chi connectivity index (χ2n) is 4.03. The topological polar surface area (TPSA) is 66.6 Å². The monoisotopic (exact) mass is 198 g/mol. The lowest BCUT2D eigenvalue weighted by Crippen LogP contribution is -2.50. The molecule has 1 atom stereocenters. The summed E-state index contributed by atoms with van der Waals surface area (Å²) in [5.74, 6) is -0.901. The van der Waals surface area contributed by atoms with Gasteiger partial charge in [-0.25, -0.2) is 0 Å². The van der Waals surface area contributed by atoms with Crippen molar-refractivity contribution in [1.29, 1.82) is 0 Å². The molecule has 0 aromatic rings. The van der Waals surface area contributed by atoms with E-state index < -0.39 is 11.5 Å². The highest BCUT2D eigenvalue weighted by Crippen LogP contribution is 2.19. The van der Waals surface area contributed by atoms with Gasteiger partial charge in [0, 0.05) is 19.6 Å². The van der Waals surface area contributed by atoms with Crippen LogP contribution in [0.1, 0.15) is 19.8 Å². The van der Waals surface area contributed by atoms with Crippen molar-refractivity contribution in [2.75, 3.05) is 19.6 Å². The molecule has 1 aliphatic heterocycles. The first-order chi connectivity index (χ1) is 6.48. The molecule has 0 aromatic heterocycles. The van der Waals surface area contributed by atoms with E-state index in [1.807, 2.05) is 6.92 Å². The molecule has 80 valence electrons. The molecule has 0 bridgehead atoms. The first kappa shape index (κ1) is 11.2. The second-order valence-corrected chi connectivity index (χ2v) is 4.03. The van der Waals surface area contributed by atoms with Gasteiger partial charge in [0.05, 0.1) is 0 Å². The summed E-state index contributed by atoms with van der Waals surface area (Å²) >= 11 is 0. The Balaban J connectivity index is 2.49. The Hall–Kier alpha value is -0.870. The molecule has 1 unspecified atom stereocenters. The van der Waals surface area contributed by atoms with E-state index >= 15 is 0 Å². The number of aliphatic carboxylic acids is 1. The Labute approximate surface area is 84.4 Å². The summed E-state index contributed by atoms with van der Waals surface area (Å²) in [4.78, 5) is 12.9. The van der Waals surface area contributed by atoms with E-state index in [0.717, 1.165) is 25.1 Å². The molecule has 0 spiro atoms.